The van der Waals surface area contributed by atoms with Crippen LogP contribution in [0.4, 0.5) is 0 Å². The number of benzene rings is 1. The van der Waals surface area contributed by atoms with E-state index in [4.69, 9.17) is 4.74 Å². The summed E-state index contributed by atoms with van der Waals surface area (Å²) >= 11 is 0. The molecule has 0 amide bonds. The van der Waals surface area contributed by atoms with Gasteiger partial charge < -0.3 is 4.74 Å². The first-order valence-corrected chi connectivity index (χ1v) is 7.36. The van der Waals surface area contributed by atoms with Crippen LogP contribution in [0.1, 0.15) is 44.2 Å². The normalized spacial score (nSPS) is 25.7. The lowest BCUT2D eigenvalue weighted by Gasteiger charge is -2.25. The molecule has 0 radical (unpaired) electrons. The zero-order valence-corrected chi connectivity index (χ0v) is 12.9. The van der Waals surface area contributed by atoms with Crippen LogP contribution in [0.15, 0.2) is 18.2 Å². The van der Waals surface area contributed by atoms with Crippen LogP contribution in [0.3, 0.4) is 0 Å². The molecule has 1 saturated carbocycles. The topological polar surface area (TPSA) is 45.0 Å². The maximum Gasteiger partial charge on any atom is 0.120 e. The zero-order valence-electron chi connectivity index (χ0n) is 12.9. The molecule has 2 atom stereocenters. The van der Waals surface area contributed by atoms with Gasteiger partial charge in [0.25, 0.3) is 0 Å². The van der Waals surface area contributed by atoms with E-state index in [1.165, 1.54) is 11.1 Å². The molecule has 0 aromatic heterocycles. The summed E-state index contributed by atoms with van der Waals surface area (Å²) in [6.45, 7) is 8.32. The maximum absolute atomic E-state index is 9.47. The molecule has 1 aliphatic carbocycles. The van der Waals surface area contributed by atoms with E-state index in [0.717, 1.165) is 25.0 Å². The van der Waals surface area contributed by atoms with E-state index in [0.29, 0.717) is 6.04 Å². The summed E-state index contributed by atoms with van der Waals surface area (Å²) in [6, 6.07) is 9.04. The van der Waals surface area contributed by atoms with Gasteiger partial charge in [-0.15, -0.1) is 0 Å². The first-order valence-electron chi connectivity index (χ1n) is 7.36. The van der Waals surface area contributed by atoms with Crippen LogP contribution in [0, 0.1) is 25.2 Å². The van der Waals surface area contributed by atoms with Crippen molar-refractivity contribution in [2.24, 2.45) is 0 Å². The van der Waals surface area contributed by atoms with Crippen LogP contribution in [0.25, 0.3) is 0 Å². The number of hydrogen-bond acceptors (Lipinski definition) is 3. The molecule has 0 heterocycles. The molecule has 1 aromatic carbocycles. The van der Waals surface area contributed by atoms with Gasteiger partial charge in [-0.05, 0) is 63.8 Å². The number of hydrogen-bond donors (Lipinski definition) is 1. The van der Waals surface area contributed by atoms with Crippen molar-refractivity contribution >= 4 is 0 Å². The van der Waals surface area contributed by atoms with Gasteiger partial charge in [-0.3, -0.25) is 5.32 Å². The fourth-order valence-electron chi connectivity index (χ4n) is 3.11. The molecular formula is C17H24N2O. The number of aryl methyl sites for hydroxylation is 2. The summed E-state index contributed by atoms with van der Waals surface area (Å²) in [5.41, 5.74) is 2.01. The van der Waals surface area contributed by atoms with Crippen molar-refractivity contribution < 1.29 is 4.74 Å². The van der Waals surface area contributed by atoms with E-state index >= 15 is 0 Å². The summed E-state index contributed by atoms with van der Waals surface area (Å²) in [5, 5.41) is 12.9. The van der Waals surface area contributed by atoms with E-state index in [9.17, 15) is 5.26 Å². The molecule has 1 aliphatic rings. The average molecular weight is 272 g/mol. The Labute approximate surface area is 121 Å². The van der Waals surface area contributed by atoms with Gasteiger partial charge in [0.05, 0.1) is 6.07 Å². The Bertz CT molecular complexity index is 498. The number of ether oxygens (including phenoxy) is 1. The van der Waals surface area contributed by atoms with Crippen molar-refractivity contribution in [3.63, 3.8) is 0 Å². The molecule has 0 saturated heterocycles. The SMILES string of the molecule is Cc1cc(C)cc(OC2CCC(C#N)(NC(C)C)C2)c1. The highest BCUT2D eigenvalue weighted by Gasteiger charge is 2.40. The van der Waals surface area contributed by atoms with Crippen LogP contribution in [0.5, 0.6) is 5.75 Å². The second-order valence-corrected chi connectivity index (χ2v) is 6.30. The van der Waals surface area contributed by atoms with E-state index in [1.807, 2.05) is 0 Å². The van der Waals surface area contributed by atoms with Crippen LogP contribution in [-0.4, -0.2) is 17.7 Å². The third-order valence-corrected chi connectivity index (χ3v) is 3.75. The fraction of sp³-hybridized carbons (Fsp3) is 0.588. The highest BCUT2D eigenvalue weighted by Crippen LogP contribution is 2.33. The number of nitrogens with zero attached hydrogens (tertiary/aromatic N) is 1. The van der Waals surface area contributed by atoms with Gasteiger partial charge in [0, 0.05) is 12.5 Å². The van der Waals surface area contributed by atoms with Crippen molar-refractivity contribution in [1.29, 1.82) is 5.26 Å². The summed E-state index contributed by atoms with van der Waals surface area (Å²) in [7, 11) is 0. The zero-order chi connectivity index (χ0) is 14.8. The molecular weight excluding hydrogens is 248 g/mol. The average Bonchev–Trinajstić information content (AvgIpc) is 2.70. The van der Waals surface area contributed by atoms with Crippen LogP contribution < -0.4 is 10.1 Å². The predicted molar refractivity (Wildman–Crippen MR) is 80.8 cm³/mol. The van der Waals surface area contributed by atoms with Gasteiger partial charge in [-0.2, -0.15) is 5.26 Å². The highest BCUT2D eigenvalue weighted by atomic mass is 16.5. The van der Waals surface area contributed by atoms with Gasteiger partial charge in [0.1, 0.15) is 17.4 Å². The Hall–Kier alpha value is -1.53. The lowest BCUT2D eigenvalue weighted by Crippen LogP contribution is -2.46. The Morgan fingerprint density at radius 1 is 1.30 bits per heavy atom. The Morgan fingerprint density at radius 3 is 2.50 bits per heavy atom. The van der Waals surface area contributed by atoms with Gasteiger partial charge in [0.15, 0.2) is 0 Å². The first-order chi connectivity index (χ1) is 9.42. The highest BCUT2D eigenvalue weighted by molar-refractivity contribution is 5.33. The standard InChI is InChI=1S/C17H24N2O/c1-12(2)19-17(11-18)6-5-15(10-17)20-16-8-13(3)7-14(4)9-16/h7-9,12,15,19H,5-6,10H2,1-4H3. The quantitative estimate of drug-likeness (QED) is 0.912. The third kappa shape index (κ3) is 3.52. The fourth-order valence-corrected chi connectivity index (χ4v) is 3.11. The van der Waals surface area contributed by atoms with Gasteiger partial charge in [-0.25, -0.2) is 0 Å². The van der Waals surface area contributed by atoms with E-state index in [-0.39, 0.29) is 6.10 Å². The summed E-state index contributed by atoms with van der Waals surface area (Å²) in [5.74, 6) is 0.922. The van der Waals surface area contributed by atoms with Gasteiger partial charge in [0.2, 0.25) is 0 Å². The molecule has 2 unspecified atom stereocenters. The minimum atomic E-state index is -0.419. The summed E-state index contributed by atoms with van der Waals surface area (Å²) in [4.78, 5) is 0. The van der Waals surface area contributed by atoms with Crippen LogP contribution in [0.2, 0.25) is 0 Å². The Balaban J connectivity index is 2.04. The molecule has 1 fully saturated rings. The molecule has 3 nitrogen and oxygen atoms in total. The lowest BCUT2D eigenvalue weighted by atomic mass is 9.98. The molecule has 0 aliphatic heterocycles. The van der Waals surface area contributed by atoms with Crippen LogP contribution in [-0.2, 0) is 0 Å². The molecule has 1 N–H and O–H groups in total. The van der Waals surface area contributed by atoms with Crippen molar-refractivity contribution in [1.82, 2.24) is 5.32 Å². The molecule has 108 valence electrons. The lowest BCUT2D eigenvalue weighted by molar-refractivity contribution is 0.199. The number of rotatable bonds is 4. The third-order valence-electron chi connectivity index (χ3n) is 3.75. The second kappa shape index (κ2) is 5.85. The van der Waals surface area contributed by atoms with Crippen molar-refractivity contribution in [3.8, 4) is 11.8 Å². The van der Waals surface area contributed by atoms with E-state index < -0.39 is 5.54 Å². The predicted octanol–water partition coefficient (Wildman–Crippen LogP) is 3.50. The monoisotopic (exact) mass is 272 g/mol. The molecule has 0 spiro atoms. The van der Waals surface area contributed by atoms with Crippen molar-refractivity contribution in [2.75, 3.05) is 0 Å². The first kappa shape index (κ1) is 14.9. The van der Waals surface area contributed by atoms with Crippen molar-refractivity contribution in [3.05, 3.63) is 29.3 Å². The molecule has 20 heavy (non-hydrogen) atoms. The molecule has 3 heteroatoms. The largest absolute Gasteiger partial charge is 0.490 e. The second-order valence-electron chi connectivity index (χ2n) is 6.30. The van der Waals surface area contributed by atoms with Crippen LogP contribution >= 0.6 is 0 Å². The maximum atomic E-state index is 9.47. The minimum Gasteiger partial charge on any atom is -0.490 e. The number of nitrogens with one attached hydrogen (secondary N) is 1. The van der Waals surface area contributed by atoms with E-state index in [2.05, 4.69) is 57.3 Å². The van der Waals surface area contributed by atoms with Gasteiger partial charge in [-0.1, -0.05) is 6.07 Å². The number of nitriles is 1. The summed E-state index contributed by atoms with van der Waals surface area (Å²) < 4.78 is 6.08. The minimum absolute atomic E-state index is 0.127. The van der Waals surface area contributed by atoms with Crippen molar-refractivity contribution in [2.45, 2.75) is 64.6 Å². The smallest absolute Gasteiger partial charge is 0.120 e. The van der Waals surface area contributed by atoms with Gasteiger partial charge >= 0.3 is 0 Å². The molecule has 2 rings (SSSR count). The molecule has 0 bridgehead atoms. The van der Waals surface area contributed by atoms with E-state index in [1.54, 1.807) is 0 Å². The Kier molecular flexibility index (Phi) is 4.35. The Morgan fingerprint density at radius 2 is 1.95 bits per heavy atom. The molecule has 1 aromatic rings. The summed E-state index contributed by atoms with van der Waals surface area (Å²) in [6.07, 6.45) is 2.67.